The Labute approximate surface area is 219 Å². The average molecular weight is 552 g/mol. The Bertz CT molecular complexity index is 1310. The zero-order valence-electron chi connectivity index (χ0n) is 19.6. The maximum Gasteiger partial charge on any atom is 0.217 e. The standard InChI is InChI=1S/C29H28BrClN2O2/c1-35-28-25(18-22-17-23(30)9-12-26(22)32-28)27(21-7-10-24(31)11-8-21)29(34)13-15-33(16-14-29)19-20-5-3-2-4-6-20/h2-12,17-18,27,34H,13-16,19H2,1H3/t27-/m1/s1. The van der Waals surface area contributed by atoms with Crippen molar-refractivity contribution in [1.82, 2.24) is 9.88 Å². The quantitative estimate of drug-likeness (QED) is 0.286. The van der Waals surface area contributed by atoms with Crippen LogP contribution in [0, 0.1) is 0 Å². The number of halogens is 2. The number of aliphatic hydroxyl groups is 1. The minimum Gasteiger partial charge on any atom is -0.481 e. The summed E-state index contributed by atoms with van der Waals surface area (Å²) in [6.07, 6.45) is 1.29. The molecule has 4 aromatic rings. The molecule has 180 valence electrons. The molecular weight excluding hydrogens is 524 g/mol. The first-order chi connectivity index (χ1) is 16.9. The molecular formula is C29H28BrClN2O2. The number of nitrogens with zero attached hydrogens (tertiary/aromatic N) is 2. The summed E-state index contributed by atoms with van der Waals surface area (Å²) in [6.45, 7) is 2.51. The van der Waals surface area contributed by atoms with Gasteiger partial charge in [-0.25, -0.2) is 4.98 Å². The van der Waals surface area contributed by atoms with Crippen LogP contribution in [0.3, 0.4) is 0 Å². The first kappa shape index (κ1) is 24.3. The highest BCUT2D eigenvalue weighted by Gasteiger charge is 2.43. The molecule has 1 saturated heterocycles. The molecule has 2 heterocycles. The van der Waals surface area contributed by atoms with Gasteiger partial charge in [-0.3, -0.25) is 4.90 Å². The lowest BCUT2D eigenvalue weighted by Crippen LogP contribution is -2.48. The van der Waals surface area contributed by atoms with Crippen LogP contribution in [0.1, 0.15) is 35.4 Å². The number of benzene rings is 3. The van der Waals surface area contributed by atoms with Gasteiger partial charge < -0.3 is 9.84 Å². The summed E-state index contributed by atoms with van der Waals surface area (Å²) >= 11 is 9.80. The molecule has 6 heteroatoms. The van der Waals surface area contributed by atoms with Crippen LogP contribution in [0.15, 0.2) is 83.3 Å². The van der Waals surface area contributed by atoms with Gasteiger partial charge in [-0.1, -0.05) is 70.0 Å². The lowest BCUT2D eigenvalue weighted by molar-refractivity contribution is -0.0360. The van der Waals surface area contributed by atoms with Gasteiger partial charge in [0.25, 0.3) is 0 Å². The lowest BCUT2D eigenvalue weighted by atomic mass is 9.72. The fourth-order valence-corrected chi connectivity index (χ4v) is 5.68. The molecule has 3 aromatic carbocycles. The number of aromatic nitrogens is 1. The summed E-state index contributed by atoms with van der Waals surface area (Å²) in [5.41, 5.74) is 3.09. The molecule has 4 nitrogen and oxygen atoms in total. The van der Waals surface area contributed by atoms with E-state index in [-0.39, 0.29) is 5.92 Å². The fraction of sp³-hybridized carbons (Fsp3) is 0.276. The largest absolute Gasteiger partial charge is 0.481 e. The zero-order valence-corrected chi connectivity index (χ0v) is 22.0. The van der Waals surface area contributed by atoms with E-state index in [1.165, 1.54) is 5.56 Å². The van der Waals surface area contributed by atoms with E-state index in [1.54, 1.807) is 7.11 Å². The second kappa shape index (κ2) is 10.3. The van der Waals surface area contributed by atoms with E-state index in [4.69, 9.17) is 21.3 Å². The minimum atomic E-state index is -0.949. The third-order valence-corrected chi connectivity index (χ3v) is 7.73. The van der Waals surface area contributed by atoms with Crippen LogP contribution in [0.4, 0.5) is 0 Å². The van der Waals surface area contributed by atoms with Gasteiger partial charge in [-0.2, -0.15) is 0 Å². The molecule has 1 aliphatic rings. The first-order valence-corrected chi connectivity index (χ1v) is 13.0. The third kappa shape index (κ3) is 5.24. The molecule has 0 spiro atoms. The van der Waals surface area contributed by atoms with Crippen molar-refractivity contribution in [3.63, 3.8) is 0 Å². The van der Waals surface area contributed by atoms with Crippen molar-refractivity contribution in [2.75, 3.05) is 20.2 Å². The SMILES string of the molecule is COc1nc2ccc(Br)cc2cc1[C@@H](c1ccc(Cl)cc1)C1(O)CCN(Cc2ccccc2)CC1. The van der Waals surface area contributed by atoms with Crippen molar-refractivity contribution >= 4 is 38.4 Å². The predicted molar refractivity (Wildman–Crippen MR) is 145 cm³/mol. The zero-order chi connectivity index (χ0) is 24.4. The second-order valence-corrected chi connectivity index (χ2v) is 10.6. The number of likely N-dealkylation sites (tertiary alicyclic amines) is 1. The smallest absolute Gasteiger partial charge is 0.217 e. The topological polar surface area (TPSA) is 45.6 Å². The van der Waals surface area contributed by atoms with Gasteiger partial charge in [0.05, 0.1) is 18.2 Å². The fourth-order valence-electron chi connectivity index (χ4n) is 5.18. The highest BCUT2D eigenvalue weighted by atomic mass is 79.9. The number of hydrogen-bond donors (Lipinski definition) is 1. The highest BCUT2D eigenvalue weighted by molar-refractivity contribution is 9.10. The van der Waals surface area contributed by atoms with Gasteiger partial charge in [0, 0.05) is 46.0 Å². The number of pyridine rings is 1. The average Bonchev–Trinajstić information content (AvgIpc) is 2.87. The van der Waals surface area contributed by atoms with Crippen LogP contribution in [0.2, 0.25) is 5.02 Å². The van der Waals surface area contributed by atoms with Crippen molar-refractivity contribution in [1.29, 1.82) is 0 Å². The normalized spacial score (nSPS) is 16.8. The molecule has 1 atom stereocenters. The van der Waals surface area contributed by atoms with E-state index in [0.29, 0.717) is 23.7 Å². The Morgan fingerprint density at radius 3 is 2.43 bits per heavy atom. The highest BCUT2D eigenvalue weighted by Crippen LogP contribution is 2.45. The van der Waals surface area contributed by atoms with Crippen LogP contribution in [-0.4, -0.2) is 40.8 Å². The van der Waals surface area contributed by atoms with E-state index in [1.807, 2.05) is 42.5 Å². The molecule has 1 N–H and O–H groups in total. The summed E-state index contributed by atoms with van der Waals surface area (Å²) in [5, 5.41) is 13.9. The van der Waals surface area contributed by atoms with Crippen LogP contribution in [0.5, 0.6) is 5.88 Å². The second-order valence-electron chi connectivity index (χ2n) is 9.27. The molecule has 1 fully saturated rings. The molecule has 1 aromatic heterocycles. The number of rotatable bonds is 6. The van der Waals surface area contributed by atoms with Gasteiger partial charge in [-0.15, -0.1) is 0 Å². The van der Waals surface area contributed by atoms with E-state index >= 15 is 0 Å². The summed E-state index contributed by atoms with van der Waals surface area (Å²) in [7, 11) is 1.64. The molecule has 0 radical (unpaired) electrons. The Balaban J connectivity index is 1.53. The first-order valence-electron chi connectivity index (χ1n) is 11.8. The molecule has 5 rings (SSSR count). The van der Waals surface area contributed by atoms with E-state index < -0.39 is 5.60 Å². The van der Waals surface area contributed by atoms with Crippen LogP contribution in [0.25, 0.3) is 10.9 Å². The van der Waals surface area contributed by atoms with Crippen LogP contribution in [-0.2, 0) is 6.54 Å². The Morgan fingerprint density at radius 2 is 1.74 bits per heavy atom. The van der Waals surface area contributed by atoms with Gasteiger partial charge in [0.1, 0.15) is 0 Å². The lowest BCUT2D eigenvalue weighted by Gasteiger charge is -2.43. The van der Waals surface area contributed by atoms with E-state index in [9.17, 15) is 5.11 Å². The summed E-state index contributed by atoms with van der Waals surface area (Å²) in [5.74, 6) is 0.240. The Kier molecular flexibility index (Phi) is 7.12. The minimum absolute atomic E-state index is 0.301. The molecule has 0 aliphatic carbocycles. The number of methoxy groups -OCH3 is 1. The van der Waals surface area contributed by atoms with Crippen LogP contribution >= 0.6 is 27.5 Å². The van der Waals surface area contributed by atoms with Crippen molar-refractivity contribution in [2.24, 2.45) is 0 Å². The van der Waals surface area contributed by atoms with E-state index in [2.05, 4.69) is 57.2 Å². The number of fused-ring (bicyclic) bond motifs is 1. The Hall–Kier alpha value is -2.44. The van der Waals surface area contributed by atoms with Gasteiger partial charge in [-0.05, 0) is 60.4 Å². The predicted octanol–water partition coefficient (Wildman–Crippen LogP) is 6.82. The molecule has 0 bridgehead atoms. The number of hydrogen-bond acceptors (Lipinski definition) is 4. The van der Waals surface area contributed by atoms with Crippen LogP contribution < -0.4 is 4.74 Å². The van der Waals surface area contributed by atoms with Crippen molar-refractivity contribution in [3.8, 4) is 5.88 Å². The van der Waals surface area contributed by atoms with Crippen molar-refractivity contribution < 1.29 is 9.84 Å². The maximum atomic E-state index is 12.2. The maximum absolute atomic E-state index is 12.2. The van der Waals surface area contributed by atoms with Gasteiger partial charge >= 0.3 is 0 Å². The molecule has 0 unspecified atom stereocenters. The van der Waals surface area contributed by atoms with E-state index in [0.717, 1.165) is 46.1 Å². The Morgan fingerprint density at radius 1 is 1.03 bits per heavy atom. The monoisotopic (exact) mass is 550 g/mol. The third-order valence-electron chi connectivity index (χ3n) is 6.99. The number of ether oxygens (including phenoxy) is 1. The molecule has 0 amide bonds. The summed E-state index contributed by atoms with van der Waals surface area (Å²) in [4.78, 5) is 7.22. The molecule has 1 aliphatic heterocycles. The van der Waals surface area contributed by atoms with Crippen molar-refractivity contribution in [2.45, 2.75) is 30.9 Å². The van der Waals surface area contributed by atoms with Gasteiger partial charge in [0.15, 0.2) is 0 Å². The van der Waals surface area contributed by atoms with Crippen molar-refractivity contribution in [3.05, 3.63) is 105 Å². The summed E-state index contributed by atoms with van der Waals surface area (Å²) in [6, 6.07) is 26.4. The molecule has 0 saturated carbocycles. The summed E-state index contributed by atoms with van der Waals surface area (Å²) < 4.78 is 6.76. The van der Waals surface area contributed by atoms with Gasteiger partial charge in [0.2, 0.25) is 5.88 Å². The molecule has 35 heavy (non-hydrogen) atoms. The number of piperidine rings is 1.